The molecular weight excluding hydrogens is 204 g/mol. The van der Waals surface area contributed by atoms with E-state index in [2.05, 4.69) is 0 Å². The lowest BCUT2D eigenvalue weighted by Crippen LogP contribution is -2.10. The molecule has 0 spiro atoms. The molecule has 1 aromatic rings. The van der Waals surface area contributed by atoms with Gasteiger partial charge in [0, 0.05) is 4.90 Å². The van der Waals surface area contributed by atoms with E-state index in [9.17, 15) is 4.21 Å². The predicted molar refractivity (Wildman–Crippen MR) is 55.2 cm³/mol. The molecule has 1 aliphatic rings. The molecule has 0 bridgehead atoms. The maximum Gasteiger partial charge on any atom is 0.127 e. The fraction of sp³-hybridized carbons (Fsp3) is 0.400. The summed E-state index contributed by atoms with van der Waals surface area (Å²) in [4.78, 5) is 0.835. The molecule has 0 heterocycles. The van der Waals surface area contributed by atoms with E-state index < -0.39 is 15.0 Å². The molecule has 0 aromatic heterocycles. The van der Waals surface area contributed by atoms with Crippen molar-refractivity contribution < 1.29 is 4.21 Å². The summed E-state index contributed by atoms with van der Waals surface area (Å²) < 4.78 is 11.4. The molecule has 0 amide bonds. The second-order valence-electron chi connectivity index (χ2n) is 3.47. The van der Waals surface area contributed by atoms with Crippen LogP contribution >= 0.6 is 11.6 Å². The average molecular weight is 215 g/mol. The zero-order valence-corrected chi connectivity index (χ0v) is 8.94. The summed E-state index contributed by atoms with van der Waals surface area (Å²) in [6, 6.07) is 9.43. The minimum absolute atomic E-state index is 0.371. The Hall–Kier alpha value is -0.340. The van der Waals surface area contributed by atoms with Gasteiger partial charge in [-0.2, -0.15) is 0 Å². The van der Waals surface area contributed by atoms with Gasteiger partial charge >= 0.3 is 0 Å². The van der Waals surface area contributed by atoms with E-state index in [1.807, 2.05) is 37.3 Å². The summed E-state index contributed by atoms with van der Waals surface area (Å²) in [6.45, 7) is 2.04. The van der Waals surface area contributed by atoms with Crippen LogP contribution in [0.4, 0.5) is 0 Å². The van der Waals surface area contributed by atoms with Gasteiger partial charge in [-0.15, -0.1) is 11.6 Å². The largest absolute Gasteiger partial charge is 0.252 e. The number of halogens is 1. The first-order chi connectivity index (χ1) is 6.14. The second kappa shape index (κ2) is 3.10. The molecule has 0 saturated heterocycles. The lowest BCUT2D eigenvalue weighted by atomic mass is 10.4. The third-order valence-corrected chi connectivity index (χ3v) is 5.26. The maximum absolute atomic E-state index is 11.9. The molecule has 3 heteroatoms. The van der Waals surface area contributed by atoms with Gasteiger partial charge in [-0.05, 0) is 24.5 Å². The van der Waals surface area contributed by atoms with Crippen LogP contribution in [0.3, 0.4) is 0 Å². The molecule has 1 nitrogen and oxygen atoms in total. The standard InChI is InChI=1S/C10H11ClOS/c1-8-7-10(8,11)13(12)9-5-3-2-4-6-9/h2-6,8H,7H2,1H3/t8-,10+,13-/m0/s1. The van der Waals surface area contributed by atoms with Gasteiger partial charge in [-0.1, -0.05) is 25.1 Å². The van der Waals surface area contributed by atoms with Gasteiger partial charge in [0.1, 0.15) is 4.21 Å². The van der Waals surface area contributed by atoms with Crippen LogP contribution in [0.5, 0.6) is 0 Å². The summed E-state index contributed by atoms with van der Waals surface area (Å²) in [5, 5.41) is 0. The summed E-state index contributed by atoms with van der Waals surface area (Å²) in [5.74, 6) is 0.371. The van der Waals surface area contributed by atoms with Crippen molar-refractivity contribution in [2.24, 2.45) is 5.92 Å². The van der Waals surface area contributed by atoms with Gasteiger partial charge < -0.3 is 0 Å². The van der Waals surface area contributed by atoms with Crippen molar-refractivity contribution in [1.82, 2.24) is 0 Å². The molecule has 0 aliphatic heterocycles. The molecule has 3 atom stereocenters. The Kier molecular flexibility index (Phi) is 2.20. The van der Waals surface area contributed by atoms with E-state index in [-0.39, 0.29) is 0 Å². The Morgan fingerprint density at radius 3 is 2.46 bits per heavy atom. The van der Waals surface area contributed by atoms with Crippen molar-refractivity contribution in [2.45, 2.75) is 22.4 Å². The van der Waals surface area contributed by atoms with Crippen LogP contribution in [0.15, 0.2) is 35.2 Å². The Morgan fingerprint density at radius 1 is 1.46 bits per heavy atom. The van der Waals surface area contributed by atoms with Gasteiger partial charge in [0.05, 0.1) is 10.8 Å². The van der Waals surface area contributed by atoms with Crippen LogP contribution in [0.2, 0.25) is 0 Å². The van der Waals surface area contributed by atoms with Crippen LogP contribution in [-0.4, -0.2) is 8.42 Å². The van der Waals surface area contributed by atoms with Crippen molar-refractivity contribution >= 4 is 22.4 Å². The van der Waals surface area contributed by atoms with Crippen molar-refractivity contribution in [3.8, 4) is 0 Å². The average Bonchev–Trinajstić information content (AvgIpc) is 2.76. The lowest BCUT2D eigenvalue weighted by Gasteiger charge is -2.06. The van der Waals surface area contributed by atoms with E-state index in [1.165, 1.54) is 0 Å². The number of hydrogen-bond acceptors (Lipinski definition) is 1. The molecular formula is C10H11ClOS. The van der Waals surface area contributed by atoms with E-state index in [1.54, 1.807) is 0 Å². The first-order valence-electron chi connectivity index (χ1n) is 4.30. The van der Waals surface area contributed by atoms with Gasteiger partial charge in [0.2, 0.25) is 0 Å². The molecule has 1 fully saturated rings. The Morgan fingerprint density at radius 2 is 2.00 bits per heavy atom. The number of hydrogen-bond donors (Lipinski definition) is 0. The first-order valence-corrected chi connectivity index (χ1v) is 5.83. The summed E-state index contributed by atoms with van der Waals surface area (Å²) in [6.07, 6.45) is 0.857. The summed E-state index contributed by atoms with van der Waals surface area (Å²) in [5.41, 5.74) is 0. The minimum atomic E-state index is -1.05. The van der Waals surface area contributed by atoms with Crippen molar-refractivity contribution in [3.05, 3.63) is 30.3 Å². The smallest absolute Gasteiger partial charge is 0.127 e. The molecule has 1 aliphatic carbocycles. The minimum Gasteiger partial charge on any atom is -0.252 e. The molecule has 13 heavy (non-hydrogen) atoms. The third kappa shape index (κ3) is 1.53. The zero-order chi connectivity index (χ0) is 9.47. The fourth-order valence-corrected chi connectivity index (χ4v) is 3.42. The van der Waals surface area contributed by atoms with Crippen molar-refractivity contribution in [1.29, 1.82) is 0 Å². The molecule has 2 rings (SSSR count). The monoisotopic (exact) mass is 214 g/mol. The van der Waals surface area contributed by atoms with Gasteiger partial charge in [0.15, 0.2) is 0 Å². The van der Waals surface area contributed by atoms with Crippen LogP contribution in [-0.2, 0) is 10.8 Å². The topological polar surface area (TPSA) is 17.1 Å². The van der Waals surface area contributed by atoms with Crippen LogP contribution in [0, 0.1) is 5.92 Å². The summed E-state index contributed by atoms with van der Waals surface area (Å²) in [7, 11) is -1.05. The molecule has 1 aromatic carbocycles. The number of rotatable bonds is 2. The number of benzene rings is 1. The molecule has 0 N–H and O–H groups in total. The Balaban J connectivity index is 2.25. The van der Waals surface area contributed by atoms with Crippen LogP contribution in [0.25, 0.3) is 0 Å². The molecule has 70 valence electrons. The number of alkyl halides is 1. The Bertz CT molecular complexity index is 338. The SMILES string of the molecule is C[C@H]1C[C@@]1(Cl)[S@@](=O)c1ccccc1. The Labute approximate surface area is 85.6 Å². The highest BCUT2D eigenvalue weighted by Crippen LogP contribution is 2.53. The van der Waals surface area contributed by atoms with E-state index in [4.69, 9.17) is 11.6 Å². The molecule has 1 saturated carbocycles. The van der Waals surface area contributed by atoms with Crippen molar-refractivity contribution in [2.75, 3.05) is 0 Å². The van der Waals surface area contributed by atoms with Crippen molar-refractivity contribution in [3.63, 3.8) is 0 Å². The third-order valence-electron chi connectivity index (χ3n) is 2.43. The van der Waals surface area contributed by atoms with Gasteiger partial charge in [-0.25, -0.2) is 0 Å². The highest BCUT2D eigenvalue weighted by Gasteiger charge is 2.55. The highest BCUT2D eigenvalue weighted by atomic mass is 35.5. The molecule has 0 unspecified atom stereocenters. The van der Waals surface area contributed by atoms with E-state index in [0.29, 0.717) is 5.92 Å². The lowest BCUT2D eigenvalue weighted by molar-refractivity contribution is 0.677. The fourth-order valence-electron chi connectivity index (χ4n) is 1.36. The molecule has 0 radical (unpaired) electrons. The van der Waals surface area contributed by atoms with E-state index >= 15 is 0 Å². The van der Waals surface area contributed by atoms with Gasteiger partial charge in [0.25, 0.3) is 0 Å². The summed E-state index contributed by atoms with van der Waals surface area (Å²) >= 11 is 6.18. The first kappa shape index (κ1) is 9.22. The van der Waals surface area contributed by atoms with E-state index in [0.717, 1.165) is 11.3 Å². The second-order valence-corrected chi connectivity index (χ2v) is 6.11. The van der Waals surface area contributed by atoms with Crippen LogP contribution < -0.4 is 0 Å². The van der Waals surface area contributed by atoms with Crippen LogP contribution in [0.1, 0.15) is 13.3 Å². The maximum atomic E-state index is 11.9. The predicted octanol–water partition coefficient (Wildman–Crippen LogP) is 2.77. The quantitative estimate of drug-likeness (QED) is 0.692. The van der Waals surface area contributed by atoms with Gasteiger partial charge in [-0.3, -0.25) is 4.21 Å². The highest BCUT2D eigenvalue weighted by molar-refractivity contribution is 7.88. The normalized spacial score (nSPS) is 34.2. The zero-order valence-electron chi connectivity index (χ0n) is 7.37.